The Morgan fingerprint density at radius 2 is 0.950 bits per heavy atom. The van der Waals surface area contributed by atoms with E-state index in [2.05, 4.69) is 53.4 Å². The van der Waals surface area contributed by atoms with E-state index in [-0.39, 0.29) is 5.97 Å². The van der Waals surface area contributed by atoms with Gasteiger partial charge in [-0.2, -0.15) is 0 Å². The summed E-state index contributed by atoms with van der Waals surface area (Å²) in [4.78, 5) is 14.9. The Morgan fingerprint density at radius 1 is 0.525 bits per heavy atom. The van der Waals surface area contributed by atoms with Crippen LogP contribution in [-0.4, -0.2) is 5.97 Å². The van der Waals surface area contributed by atoms with Crippen molar-refractivity contribution in [3.63, 3.8) is 0 Å². The van der Waals surface area contributed by atoms with Gasteiger partial charge in [0.1, 0.15) is 5.75 Å². The minimum absolute atomic E-state index is 0.346. The van der Waals surface area contributed by atoms with Gasteiger partial charge in [0.05, 0.1) is 5.56 Å². The van der Waals surface area contributed by atoms with E-state index in [0.717, 1.165) is 17.1 Å². The zero-order valence-corrected chi connectivity index (χ0v) is 23.3. The van der Waals surface area contributed by atoms with E-state index in [4.69, 9.17) is 4.74 Å². The van der Waals surface area contributed by atoms with Gasteiger partial charge in [-0.25, -0.2) is 4.79 Å². The summed E-state index contributed by atoms with van der Waals surface area (Å²) in [6.45, 7) is 0. The second-order valence-corrected chi connectivity index (χ2v) is 11.4. The third-order valence-electron chi connectivity index (χ3n) is 8.77. The average Bonchev–Trinajstić information content (AvgIpc) is 3.04. The largest absolute Gasteiger partial charge is 0.423 e. The molecule has 0 bridgehead atoms. The SMILES string of the molecule is O=C(Oc1ccc(N(c2ccc(C3CCCCC3)cc2)c2ccc(C3CCCCC3)cc2)cc1)c1ccccc1. The molecule has 3 nitrogen and oxygen atoms in total. The molecule has 2 saturated carbocycles. The lowest BCUT2D eigenvalue weighted by Crippen LogP contribution is -2.12. The molecule has 0 N–H and O–H groups in total. The number of benzene rings is 4. The van der Waals surface area contributed by atoms with Crippen molar-refractivity contribution in [3.8, 4) is 5.75 Å². The number of carbonyl (C=O) groups is 1. The Hall–Kier alpha value is -3.85. The molecule has 4 aromatic carbocycles. The smallest absolute Gasteiger partial charge is 0.343 e. The molecule has 0 radical (unpaired) electrons. The Morgan fingerprint density at radius 3 is 1.40 bits per heavy atom. The molecule has 2 fully saturated rings. The van der Waals surface area contributed by atoms with Crippen LogP contribution in [0.1, 0.15) is 97.5 Å². The third-order valence-corrected chi connectivity index (χ3v) is 8.77. The van der Waals surface area contributed by atoms with Crippen LogP contribution in [0.15, 0.2) is 103 Å². The van der Waals surface area contributed by atoms with Gasteiger partial charge in [-0.15, -0.1) is 0 Å². The Kier molecular flexibility index (Phi) is 8.28. The first-order chi connectivity index (χ1) is 19.7. The molecular weight excluding hydrogens is 490 g/mol. The van der Waals surface area contributed by atoms with Crippen LogP contribution in [0.5, 0.6) is 5.75 Å². The molecule has 0 atom stereocenters. The fourth-order valence-electron chi connectivity index (χ4n) is 6.51. The summed E-state index contributed by atoms with van der Waals surface area (Å²) >= 11 is 0. The molecule has 204 valence electrons. The lowest BCUT2D eigenvalue weighted by Gasteiger charge is -2.28. The predicted octanol–water partition coefficient (Wildman–Crippen LogP) is 10.5. The van der Waals surface area contributed by atoms with Crippen molar-refractivity contribution >= 4 is 23.0 Å². The van der Waals surface area contributed by atoms with Gasteiger partial charge in [-0.1, -0.05) is 81.0 Å². The van der Waals surface area contributed by atoms with Crippen LogP contribution in [0.3, 0.4) is 0 Å². The molecule has 0 aromatic heterocycles. The highest BCUT2D eigenvalue weighted by Crippen LogP contribution is 2.39. The van der Waals surface area contributed by atoms with Crippen molar-refractivity contribution in [1.82, 2.24) is 0 Å². The van der Waals surface area contributed by atoms with Crippen molar-refractivity contribution in [2.24, 2.45) is 0 Å². The minimum atomic E-state index is -0.346. The van der Waals surface area contributed by atoms with Crippen molar-refractivity contribution in [3.05, 3.63) is 120 Å². The van der Waals surface area contributed by atoms with Gasteiger partial charge in [0.25, 0.3) is 0 Å². The van der Waals surface area contributed by atoms with Crippen molar-refractivity contribution in [1.29, 1.82) is 0 Å². The molecule has 0 unspecified atom stereocenters. The van der Waals surface area contributed by atoms with Gasteiger partial charge in [0.15, 0.2) is 0 Å². The molecule has 3 heteroatoms. The second kappa shape index (κ2) is 12.6. The highest BCUT2D eigenvalue weighted by atomic mass is 16.5. The predicted molar refractivity (Wildman–Crippen MR) is 164 cm³/mol. The van der Waals surface area contributed by atoms with Gasteiger partial charge in [-0.3, -0.25) is 0 Å². The number of hydrogen-bond donors (Lipinski definition) is 0. The van der Waals surface area contributed by atoms with Gasteiger partial charge in [-0.05, 0) is 109 Å². The van der Waals surface area contributed by atoms with Crippen LogP contribution in [0, 0.1) is 0 Å². The molecule has 6 rings (SSSR count). The van der Waals surface area contributed by atoms with Crippen molar-refractivity contribution in [2.75, 3.05) is 4.90 Å². The molecular formula is C37H39NO2. The number of carbonyl (C=O) groups excluding carboxylic acids is 1. The third kappa shape index (κ3) is 6.14. The first-order valence-corrected chi connectivity index (χ1v) is 15.1. The molecule has 2 aliphatic carbocycles. The van der Waals surface area contributed by atoms with Crippen LogP contribution in [-0.2, 0) is 0 Å². The summed E-state index contributed by atoms with van der Waals surface area (Å²) in [6.07, 6.45) is 13.3. The van der Waals surface area contributed by atoms with Crippen LogP contribution >= 0.6 is 0 Å². The quantitative estimate of drug-likeness (QED) is 0.176. The molecule has 2 aliphatic rings. The Labute approximate surface area is 238 Å². The number of hydrogen-bond acceptors (Lipinski definition) is 3. The van der Waals surface area contributed by atoms with Gasteiger partial charge in [0, 0.05) is 17.1 Å². The molecule has 4 aromatic rings. The minimum Gasteiger partial charge on any atom is -0.423 e. The molecule has 0 amide bonds. The van der Waals surface area contributed by atoms with E-state index in [1.54, 1.807) is 12.1 Å². The van der Waals surface area contributed by atoms with Gasteiger partial charge < -0.3 is 9.64 Å². The summed E-state index contributed by atoms with van der Waals surface area (Å²) in [6, 6.07) is 35.3. The second-order valence-electron chi connectivity index (χ2n) is 11.4. The van der Waals surface area contributed by atoms with Crippen molar-refractivity contribution in [2.45, 2.75) is 76.0 Å². The highest BCUT2D eigenvalue weighted by Gasteiger charge is 2.19. The van der Waals surface area contributed by atoms with E-state index in [9.17, 15) is 4.79 Å². The topological polar surface area (TPSA) is 29.5 Å². The Balaban J connectivity index is 1.27. The first kappa shape index (κ1) is 26.4. The fraction of sp³-hybridized carbons (Fsp3) is 0.324. The van der Waals surface area contributed by atoms with Crippen LogP contribution < -0.4 is 9.64 Å². The number of ether oxygens (including phenoxy) is 1. The zero-order chi connectivity index (χ0) is 27.1. The summed E-state index contributed by atoms with van der Waals surface area (Å²) in [5, 5.41) is 0. The number of anilines is 3. The van der Waals surface area contributed by atoms with E-state index >= 15 is 0 Å². The van der Waals surface area contributed by atoms with Crippen molar-refractivity contribution < 1.29 is 9.53 Å². The van der Waals surface area contributed by atoms with Gasteiger partial charge >= 0.3 is 5.97 Å². The lowest BCUT2D eigenvalue weighted by molar-refractivity contribution is 0.0735. The maximum Gasteiger partial charge on any atom is 0.343 e. The van der Waals surface area contributed by atoms with Crippen LogP contribution in [0.2, 0.25) is 0 Å². The number of nitrogens with zero attached hydrogens (tertiary/aromatic N) is 1. The molecule has 40 heavy (non-hydrogen) atoms. The summed E-state index contributed by atoms with van der Waals surface area (Å²) < 4.78 is 5.65. The average molecular weight is 530 g/mol. The molecule has 0 saturated heterocycles. The summed E-state index contributed by atoms with van der Waals surface area (Å²) in [5.74, 6) is 1.56. The normalized spacial score (nSPS) is 16.4. The number of esters is 1. The summed E-state index contributed by atoms with van der Waals surface area (Å²) in [5.41, 5.74) is 6.77. The van der Waals surface area contributed by atoms with E-state index in [0.29, 0.717) is 23.1 Å². The summed E-state index contributed by atoms with van der Waals surface area (Å²) in [7, 11) is 0. The first-order valence-electron chi connectivity index (χ1n) is 15.1. The van der Waals surface area contributed by atoms with Crippen LogP contribution in [0.4, 0.5) is 17.1 Å². The lowest BCUT2D eigenvalue weighted by atomic mass is 9.84. The van der Waals surface area contributed by atoms with E-state index in [1.165, 1.54) is 75.3 Å². The number of rotatable bonds is 7. The molecule has 0 spiro atoms. The van der Waals surface area contributed by atoms with E-state index < -0.39 is 0 Å². The highest BCUT2D eigenvalue weighted by molar-refractivity contribution is 5.91. The van der Waals surface area contributed by atoms with Crippen LogP contribution in [0.25, 0.3) is 0 Å². The monoisotopic (exact) mass is 529 g/mol. The fourth-order valence-corrected chi connectivity index (χ4v) is 6.51. The van der Waals surface area contributed by atoms with E-state index in [1.807, 2.05) is 42.5 Å². The molecule has 0 aliphatic heterocycles. The van der Waals surface area contributed by atoms with Gasteiger partial charge in [0.2, 0.25) is 0 Å². The Bertz CT molecular complexity index is 1300. The molecule has 0 heterocycles. The maximum absolute atomic E-state index is 12.6. The standard InChI is InChI=1S/C37H39NO2/c39-37(32-14-8-3-9-15-32)40-36-26-24-35(25-27-36)38(33-20-16-30(17-21-33)28-10-4-1-5-11-28)34-22-18-31(19-23-34)29-12-6-2-7-13-29/h3,8-9,14-29H,1-2,4-7,10-13H2. The zero-order valence-electron chi connectivity index (χ0n) is 23.3. The maximum atomic E-state index is 12.6.